The Morgan fingerprint density at radius 1 is 0.957 bits per heavy atom. The van der Waals surface area contributed by atoms with Crippen molar-refractivity contribution < 1.29 is 8.42 Å². The fourth-order valence-corrected chi connectivity index (χ4v) is 3.97. The van der Waals surface area contributed by atoms with E-state index in [1.807, 2.05) is 42.5 Å². The summed E-state index contributed by atoms with van der Waals surface area (Å²) in [5.74, 6) is 0. The topological polar surface area (TPSA) is 58.2 Å². The lowest BCUT2D eigenvalue weighted by Gasteiger charge is -2.23. The van der Waals surface area contributed by atoms with Gasteiger partial charge < -0.3 is 5.32 Å². The third-order valence-corrected chi connectivity index (χ3v) is 5.43. The van der Waals surface area contributed by atoms with E-state index in [1.54, 1.807) is 12.1 Å². The van der Waals surface area contributed by atoms with E-state index in [1.165, 1.54) is 0 Å². The van der Waals surface area contributed by atoms with Crippen LogP contribution in [0.25, 0.3) is 11.1 Å². The summed E-state index contributed by atoms with van der Waals surface area (Å²) < 4.78 is 27.6. The molecule has 0 bridgehead atoms. The molecule has 0 aliphatic carbocycles. The van der Waals surface area contributed by atoms with Crippen LogP contribution < -0.4 is 10.0 Å². The number of hydrogen-bond acceptors (Lipinski definition) is 3. The van der Waals surface area contributed by atoms with E-state index in [0.717, 1.165) is 30.5 Å². The highest BCUT2D eigenvalue weighted by atomic mass is 35.5. The van der Waals surface area contributed by atoms with Gasteiger partial charge in [0.2, 0.25) is 10.0 Å². The first-order valence-corrected chi connectivity index (χ1v) is 9.02. The minimum Gasteiger partial charge on any atom is -0.315 e. The number of rotatable bonds is 4. The van der Waals surface area contributed by atoms with Crippen LogP contribution >= 0.6 is 12.4 Å². The zero-order chi connectivity index (χ0) is 15.4. The maximum Gasteiger partial charge on any atom is 0.240 e. The smallest absolute Gasteiger partial charge is 0.240 e. The Bertz CT molecular complexity index is 712. The van der Waals surface area contributed by atoms with Crippen molar-refractivity contribution in [3.8, 4) is 11.1 Å². The fraction of sp³-hybridized carbons (Fsp3) is 0.294. The molecule has 0 radical (unpaired) electrons. The van der Waals surface area contributed by atoms with Crippen molar-refractivity contribution in [1.29, 1.82) is 0 Å². The molecular weight excluding hydrogens is 332 g/mol. The highest BCUT2D eigenvalue weighted by Crippen LogP contribution is 2.21. The molecule has 1 saturated heterocycles. The molecule has 0 amide bonds. The third-order valence-electron chi connectivity index (χ3n) is 3.89. The van der Waals surface area contributed by atoms with E-state index in [4.69, 9.17) is 0 Å². The van der Waals surface area contributed by atoms with Crippen molar-refractivity contribution >= 4 is 22.4 Å². The number of hydrogen-bond donors (Lipinski definition) is 2. The zero-order valence-electron chi connectivity index (χ0n) is 12.7. The summed E-state index contributed by atoms with van der Waals surface area (Å²) >= 11 is 0. The molecule has 6 heteroatoms. The van der Waals surface area contributed by atoms with Gasteiger partial charge in [0.05, 0.1) is 4.90 Å². The summed E-state index contributed by atoms with van der Waals surface area (Å²) in [5, 5.41) is 3.21. The Kier molecular flexibility index (Phi) is 6.18. The molecule has 1 atom stereocenters. The Balaban J connectivity index is 0.00000192. The van der Waals surface area contributed by atoms with E-state index >= 15 is 0 Å². The standard InChI is InChI=1S/C17H20N2O2S.ClH/c20-22(21,19-16-7-4-12-18-13-16)17-10-8-15(9-11-17)14-5-2-1-3-6-14;/h1-3,5-6,8-11,16,18-19H,4,7,12-13H2;1H. The summed E-state index contributed by atoms with van der Waals surface area (Å²) in [6, 6.07) is 16.9. The SMILES string of the molecule is Cl.O=S(=O)(NC1CCCNC1)c1ccc(-c2ccccc2)cc1. The monoisotopic (exact) mass is 352 g/mol. The Morgan fingerprint density at radius 2 is 1.61 bits per heavy atom. The van der Waals surface area contributed by atoms with E-state index in [2.05, 4.69) is 10.0 Å². The quantitative estimate of drug-likeness (QED) is 0.889. The third kappa shape index (κ3) is 4.54. The van der Waals surface area contributed by atoms with Crippen LogP contribution in [0.1, 0.15) is 12.8 Å². The van der Waals surface area contributed by atoms with Crippen LogP contribution in [0.15, 0.2) is 59.5 Å². The van der Waals surface area contributed by atoms with E-state index in [0.29, 0.717) is 11.4 Å². The molecule has 1 aliphatic heterocycles. The van der Waals surface area contributed by atoms with Gasteiger partial charge in [-0.2, -0.15) is 0 Å². The van der Waals surface area contributed by atoms with Crippen LogP contribution in [0.2, 0.25) is 0 Å². The second-order valence-electron chi connectivity index (χ2n) is 5.55. The van der Waals surface area contributed by atoms with Crippen molar-refractivity contribution in [3.63, 3.8) is 0 Å². The number of halogens is 1. The van der Waals surface area contributed by atoms with E-state index < -0.39 is 10.0 Å². The molecule has 2 aromatic carbocycles. The van der Waals surface area contributed by atoms with Crippen LogP contribution in [-0.4, -0.2) is 27.5 Å². The van der Waals surface area contributed by atoms with Crippen LogP contribution in [0.3, 0.4) is 0 Å². The maximum atomic E-state index is 12.4. The van der Waals surface area contributed by atoms with Gasteiger partial charge in [-0.3, -0.25) is 0 Å². The number of nitrogens with one attached hydrogen (secondary N) is 2. The molecule has 3 rings (SSSR count). The molecule has 2 aromatic rings. The predicted molar refractivity (Wildman–Crippen MR) is 95.3 cm³/mol. The molecule has 1 heterocycles. The molecule has 4 nitrogen and oxygen atoms in total. The van der Waals surface area contributed by atoms with Gasteiger partial charge in [-0.25, -0.2) is 13.1 Å². The lowest BCUT2D eigenvalue weighted by molar-refractivity contribution is 0.428. The lowest BCUT2D eigenvalue weighted by Crippen LogP contribution is -2.45. The van der Waals surface area contributed by atoms with Gasteiger partial charge >= 0.3 is 0 Å². The molecule has 0 aromatic heterocycles. The van der Waals surface area contributed by atoms with Gasteiger partial charge in [0.1, 0.15) is 0 Å². The van der Waals surface area contributed by atoms with Crippen molar-refractivity contribution in [2.45, 2.75) is 23.8 Å². The zero-order valence-corrected chi connectivity index (χ0v) is 14.4. The molecule has 1 unspecified atom stereocenters. The van der Waals surface area contributed by atoms with E-state index in [-0.39, 0.29) is 18.4 Å². The molecule has 0 spiro atoms. The van der Waals surface area contributed by atoms with Gasteiger partial charge in [0, 0.05) is 12.6 Å². The highest BCUT2D eigenvalue weighted by molar-refractivity contribution is 7.89. The normalized spacial score (nSPS) is 18.2. The van der Waals surface area contributed by atoms with Crippen molar-refractivity contribution in [1.82, 2.24) is 10.0 Å². The second kappa shape index (κ2) is 7.93. The maximum absolute atomic E-state index is 12.4. The molecule has 0 saturated carbocycles. The van der Waals surface area contributed by atoms with Gasteiger partial charge in [-0.15, -0.1) is 12.4 Å². The van der Waals surface area contributed by atoms with Crippen LogP contribution in [0, 0.1) is 0 Å². The van der Waals surface area contributed by atoms with Crippen LogP contribution in [0.5, 0.6) is 0 Å². The Hall–Kier alpha value is -1.40. The molecular formula is C17H21ClN2O2S. The second-order valence-corrected chi connectivity index (χ2v) is 7.27. The highest BCUT2D eigenvalue weighted by Gasteiger charge is 2.21. The summed E-state index contributed by atoms with van der Waals surface area (Å²) in [6.45, 7) is 1.66. The first-order valence-electron chi connectivity index (χ1n) is 7.54. The largest absolute Gasteiger partial charge is 0.315 e. The minimum absolute atomic E-state index is 0. The predicted octanol–water partition coefficient (Wildman–Crippen LogP) is 2.81. The minimum atomic E-state index is -3.45. The van der Waals surface area contributed by atoms with Gasteiger partial charge in [-0.05, 0) is 42.6 Å². The number of benzene rings is 2. The molecule has 1 fully saturated rings. The first kappa shape index (κ1) is 17.9. The first-order chi connectivity index (χ1) is 10.6. The number of piperidine rings is 1. The molecule has 23 heavy (non-hydrogen) atoms. The Morgan fingerprint density at radius 3 is 2.22 bits per heavy atom. The molecule has 1 aliphatic rings. The van der Waals surface area contributed by atoms with Crippen LogP contribution in [0.4, 0.5) is 0 Å². The van der Waals surface area contributed by atoms with Gasteiger partial charge in [0.15, 0.2) is 0 Å². The van der Waals surface area contributed by atoms with Crippen molar-refractivity contribution in [2.24, 2.45) is 0 Å². The summed E-state index contributed by atoms with van der Waals surface area (Å²) in [6.07, 6.45) is 1.88. The van der Waals surface area contributed by atoms with Gasteiger partial charge in [0.25, 0.3) is 0 Å². The fourth-order valence-electron chi connectivity index (χ4n) is 2.70. The van der Waals surface area contributed by atoms with Crippen LogP contribution in [-0.2, 0) is 10.0 Å². The molecule has 124 valence electrons. The summed E-state index contributed by atoms with van der Waals surface area (Å²) in [5.41, 5.74) is 2.09. The van der Waals surface area contributed by atoms with Crippen molar-refractivity contribution in [3.05, 3.63) is 54.6 Å². The summed E-state index contributed by atoms with van der Waals surface area (Å²) in [4.78, 5) is 0.317. The number of sulfonamides is 1. The lowest BCUT2D eigenvalue weighted by atomic mass is 10.1. The Labute approximate surface area is 143 Å². The summed E-state index contributed by atoms with van der Waals surface area (Å²) in [7, 11) is -3.45. The van der Waals surface area contributed by atoms with Crippen molar-refractivity contribution in [2.75, 3.05) is 13.1 Å². The average Bonchev–Trinajstić information content (AvgIpc) is 2.56. The van der Waals surface area contributed by atoms with E-state index in [9.17, 15) is 8.42 Å². The van der Waals surface area contributed by atoms with Gasteiger partial charge in [-0.1, -0.05) is 42.5 Å². The average molecular weight is 353 g/mol. The molecule has 2 N–H and O–H groups in total.